The van der Waals surface area contributed by atoms with Gasteiger partial charge in [0.1, 0.15) is 0 Å². The number of carbonyl (C=O) groups excluding carboxylic acids is 3. The molecule has 7 nitrogen and oxygen atoms in total. The van der Waals surface area contributed by atoms with Gasteiger partial charge in [0, 0.05) is 12.2 Å². The molecule has 1 aliphatic rings. The van der Waals surface area contributed by atoms with Crippen molar-refractivity contribution in [3.63, 3.8) is 0 Å². The lowest BCUT2D eigenvalue weighted by Crippen LogP contribution is -2.28. The van der Waals surface area contributed by atoms with Gasteiger partial charge in [-0.25, -0.2) is 4.79 Å². The monoisotopic (exact) mass is 410 g/mol. The third kappa shape index (κ3) is 3.54. The lowest BCUT2D eigenvalue weighted by molar-refractivity contribution is 0.0600. The van der Waals surface area contributed by atoms with E-state index in [0.717, 1.165) is 16.8 Å². The number of aryl methyl sites for hydroxylation is 1. The highest BCUT2D eigenvalue weighted by atomic mass is 32.1. The Bertz CT molecular complexity index is 1100. The summed E-state index contributed by atoms with van der Waals surface area (Å²) in [5, 5.41) is 3.34. The number of hydrogen-bond donors (Lipinski definition) is 1. The van der Waals surface area contributed by atoms with Crippen molar-refractivity contribution in [3.8, 4) is 0 Å². The number of fused-ring (bicyclic) bond motifs is 1. The number of esters is 1. The van der Waals surface area contributed by atoms with Gasteiger partial charge in [-0.05, 0) is 60.9 Å². The number of nitrogens with one attached hydrogen (secondary N) is 1. The molecule has 0 radical (unpaired) electrons. The van der Waals surface area contributed by atoms with Crippen LogP contribution in [0.1, 0.15) is 41.7 Å². The molecule has 3 aromatic rings. The number of methoxy groups -OCH3 is 1. The zero-order valence-electron chi connectivity index (χ0n) is 15.9. The van der Waals surface area contributed by atoms with E-state index >= 15 is 0 Å². The second kappa shape index (κ2) is 7.56. The van der Waals surface area contributed by atoms with Gasteiger partial charge in [-0.3, -0.25) is 9.59 Å². The molecule has 0 atom stereocenters. The van der Waals surface area contributed by atoms with E-state index in [9.17, 15) is 14.4 Å². The van der Waals surface area contributed by atoms with Gasteiger partial charge in [0.15, 0.2) is 5.76 Å². The normalized spacial score (nSPS) is 12.6. The van der Waals surface area contributed by atoms with E-state index in [1.807, 2.05) is 6.92 Å². The molecule has 148 valence electrons. The number of carbonyl (C=O) groups is 3. The Labute approximate surface area is 170 Å². The third-order valence-corrected chi connectivity index (χ3v) is 5.88. The third-order valence-electron chi connectivity index (χ3n) is 4.74. The van der Waals surface area contributed by atoms with Crippen molar-refractivity contribution < 1.29 is 23.5 Å². The minimum absolute atomic E-state index is 0.129. The van der Waals surface area contributed by atoms with Crippen molar-refractivity contribution in [1.82, 2.24) is 0 Å². The number of furan rings is 1. The summed E-state index contributed by atoms with van der Waals surface area (Å²) < 4.78 is 9.85. The molecule has 2 aromatic heterocycles. The molecule has 3 heterocycles. The molecule has 8 heteroatoms. The van der Waals surface area contributed by atoms with Gasteiger partial charge in [-0.2, -0.15) is 0 Å². The highest BCUT2D eigenvalue weighted by Gasteiger charge is 2.29. The maximum Gasteiger partial charge on any atom is 0.337 e. The molecule has 0 fully saturated rings. The number of anilines is 2. The fourth-order valence-corrected chi connectivity index (χ4v) is 4.33. The summed E-state index contributed by atoms with van der Waals surface area (Å²) in [7, 11) is 1.34. The van der Waals surface area contributed by atoms with Crippen LogP contribution in [0.15, 0.2) is 47.1 Å². The summed E-state index contributed by atoms with van der Waals surface area (Å²) in [5.74, 6) is -0.685. The molecule has 0 unspecified atom stereocenters. The Morgan fingerprint density at radius 3 is 2.76 bits per heavy atom. The molecule has 1 aliphatic heterocycles. The van der Waals surface area contributed by atoms with Crippen LogP contribution in [0.25, 0.3) is 0 Å². The smallest absolute Gasteiger partial charge is 0.337 e. The zero-order chi connectivity index (χ0) is 20.5. The summed E-state index contributed by atoms with van der Waals surface area (Å²) in [5.41, 5.74) is 2.98. The van der Waals surface area contributed by atoms with E-state index in [1.54, 1.807) is 41.3 Å². The largest absolute Gasteiger partial charge is 0.465 e. The molecule has 1 N–H and O–H groups in total. The standard InChI is InChI=1S/C21H18N2O5S/c1-12-10-17(22-19(24)16-4-3-9-28-16)29-18(12)20(25)23-8-7-13-11-14(21(26)27-2)5-6-15(13)23/h3-6,9-11H,7-8H2,1-2H3,(H,22,24). The molecular formula is C21H18N2O5S. The topological polar surface area (TPSA) is 88.9 Å². The van der Waals surface area contributed by atoms with Crippen LogP contribution in [-0.4, -0.2) is 31.4 Å². The second-order valence-corrected chi connectivity index (χ2v) is 7.65. The van der Waals surface area contributed by atoms with E-state index in [0.29, 0.717) is 28.4 Å². The molecule has 2 amide bonds. The van der Waals surface area contributed by atoms with Gasteiger partial charge >= 0.3 is 5.97 Å². The van der Waals surface area contributed by atoms with E-state index in [4.69, 9.17) is 9.15 Å². The summed E-state index contributed by atoms with van der Waals surface area (Å²) in [6.07, 6.45) is 2.10. The van der Waals surface area contributed by atoms with Crippen LogP contribution in [0, 0.1) is 6.92 Å². The van der Waals surface area contributed by atoms with Crippen LogP contribution in [0.5, 0.6) is 0 Å². The van der Waals surface area contributed by atoms with Crippen LogP contribution < -0.4 is 10.2 Å². The predicted molar refractivity (Wildman–Crippen MR) is 109 cm³/mol. The Kier molecular flexibility index (Phi) is 4.94. The molecule has 29 heavy (non-hydrogen) atoms. The summed E-state index contributed by atoms with van der Waals surface area (Å²) in [6.45, 7) is 2.37. The van der Waals surface area contributed by atoms with Crippen LogP contribution in [0.4, 0.5) is 10.7 Å². The maximum absolute atomic E-state index is 13.1. The Morgan fingerprint density at radius 1 is 1.21 bits per heavy atom. The molecule has 0 saturated carbocycles. The first-order valence-corrected chi connectivity index (χ1v) is 9.78. The fraction of sp³-hybridized carbons (Fsp3) is 0.190. The molecule has 0 aliphatic carbocycles. The molecule has 0 bridgehead atoms. The number of hydrogen-bond acceptors (Lipinski definition) is 6. The van der Waals surface area contributed by atoms with Crippen molar-refractivity contribution in [3.05, 3.63) is 70.0 Å². The van der Waals surface area contributed by atoms with E-state index in [1.165, 1.54) is 24.7 Å². The molecule has 0 spiro atoms. The van der Waals surface area contributed by atoms with Crippen LogP contribution in [0.2, 0.25) is 0 Å². The van der Waals surface area contributed by atoms with Crippen molar-refractivity contribution in [1.29, 1.82) is 0 Å². The fourth-order valence-electron chi connectivity index (χ4n) is 3.32. The average Bonchev–Trinajstić information content (AvgIpc) is 3.46. The SMILES string of the molecule is COC(=O)c1ccc2c(c1)CCN2C(=O)c1sc(NC(=O)c2ccco2)cc1C. The first-order valence-electron chi connectivity index (χ1n) is 8.96. The van der Waals surface area contributed by atoms with Crippen LogP contribution in [0.3, 0.4) is 0 Å². The average molecular weight is 410 g/mol. The number of rotatable bonds is 4. The van der Waals surface area contributed by atoms with Crippen molar-refractivity contribution in [2.45, 2.75) is 13.3 Å². The summed E-state index contributed by atoms with van der Waals surface area (Å²) in [6, 6.07) is 10.2. The Morgan fingerprint density at radius 2 is 2.03 bits per heavy atom. The van der Waals surface area contributed by atoms with Crippen molar-refractivity contribution >= 4 is 39.8 Å². The lowest BCUT2D eigenvalue weighted by atomic mass is 10.1. The van der Waals surface area contributed by atoms with E-state index < -0.39 is 5.97 Å². The Hall–Kier alpha value is -3.39. The first-order chi connectivity index (χ1) is 14.0. The molecular weight excluding hydrogens is 392 g/mol. The predicted octanol–water partition coefficient (Wildman–Crippen LogP) is 3.89. The van der Waals surface area contributed by atoms with Crippen molar-refractivity contribution in [2.24, 2.45) is 0 Å². The quantitative estimate of drug-likeness (QED) is 0.659. The van der Waals surface area contributed by atoms with Gasteiger partial charge in [-0.15, -0.1) is 11.3 Å². The number of amides is 2. The Balaban J connectivity index is 1.55. The number of ether oxygens (including phenoxy) is 1. The number of nitrogens with zero attached hydrogens (tertiary/aromatic N) is 1. The van der Waals surface area contributed by atoms with Gasteiger partial charge in [0.05, 0.1) is 28.8 Å². The van der Waals surface area contributed by atoms with Gasteiger partial charge in [-0.1, -0.05) is 0 Å². The summed E-state index contributed by atoms with van der Waals surface area (Å²) >= 11 is 1.23. The number of benzene rings is 1. The van der Waals surface area contributed by atoms with E-state index in [-0.39, 0.29) is 17.6 Å². The molecule has 1 aromatic carbocycles. The highest BCUT2D eigenvalue weighted by Crippen LogP contribution is 2.34. The van der Waals surface area contributed by atoms with E-state index in [2.05, 4.69) is 5.32 Å². The van der Waals surface area contributed by atoms with Gasteiger partial charge < -0.3 is 19.4 Å². The second-order valence-electron chi connectivity index (χ2n) is 6.60. The molecule has 0 saturated heterocycles. The van der Waals surface area contributed by atoms with Gasteiger partial charge in [0.25, 0.3) is 11.8 Å². The number of thiophene rings is 1. The lowest BCUT2D eigenvalue weighted by Gasteiger charge is -2.17. The van der Waals surface area contributed by atoms with Crippen molar-refractivity contribution in [2.75, 3.05) is 23.9 Å². The highest BCUT2D eigenvalue weighted by molar-refractivity contribution is 7.18. The van der Waals surface area contributed by atoms with Crippen LogP contribution in [-0.2, 0) is 11.2 Å². The molecule has 4 rings (SSSR count). The zero-order valence-corrected chi connectivity index (χ0v) is 16.7. The first kappa shape index (κ1) is 18.9. The minimum atomic E-state index is -0.399. The van der Waals surface area contributed by atoms with Gasteiger partial charge in [0.2, 0.25) is 0 Å². The van der Waals surface area contributed by atoms with Crippen LogP contribution >= 0.6 is 11.3 Å². The minimum Gasteiger partial charge on any atom is -0.465 e. The maximum atomic E-state index is 13.1. The summed E-state index contributed by atoms with van der Waals surface area (Å²) in [4.78, 5) is 39.3.